The van der Waals surface area contributed by atoms with Gasteiger partial charge in [-0.3, -0.25) is 19.6 Å². The van der Waals surface area contributed by atoms with Gasteiger partial charge < -0.3 is 11.6 Å². The molecule has 5 rings (SSSR count). The molecule has 0 saturated heterocycles. The molecule has 0 atom stereocenters. The molecule has 0 aliphatic carbocycles. The van der Waals surface area contributed by atoms with Crippen LogP contribution < -0.4 is 11.6 Å². The van der Waals surface area contributed by atoms with Crippen molar-refractivity contribution in [2.24, 2.45) is 23.0 Å². The number of nitrogens with two attached hydrogens (primary N) is 2. The average Bonchev–Trinajstić information content (AvgIpc) is 3.39. The summed E-state index contributed by atoms with van der Waals surface area (Å²) in [5, 5.41) is 18.5. The van der Waals surface area contributed by atoms with Crippen molar-refractivity contribution in [1.29, 1.82) is 5.26 Å². The zero-order valence-electron chi connectivity index (χ0n) is 21.6. The maximum Gasteiger partial charge on any atom is 0.152 e. The number of hydrogen-bond donors (Lipinski definition) is 2. The number of pyridine rings is 2. The highest BCUT2D eigenvalue weighted by molar-refractivity contribution is 6.38. The molecular formula is C28H25N11. The third-order valence-corrected chi connectivity index (χ3v) is 6.17. The van der Waals surface area contributed by atoms with Crippen molar-refractivity contribution < 1.29 is 0 Å². The fourth-order valence-electron chi connectivity index (χ4n) is 4.05. The molecule has 0 bridgehead atoms. The van der Waals surface area contributed by atoms with E-state index in [1.165, 1.54) is 12.4 Å². The molecule has 4 heterocycles. The zero-order chi connectivity index (χ0) is 27.6. The van der Waals surface area contributed by atoms with Crippen LogP contribution in [-0.4, -0.2) is 41.6 Å². The predicted molar refractivity (Wildman–Crippen MR) is 151 cm³/mol. The lowest BCUT2D eigenvalue weighted by molar-refractivity contribution is 0.542. The first-order valence-corrected chi connectivity index (χ1v) is 12.0. The van der Waals surface area contributed by atoms with Crippen molar-refractivity contribution in [3.05, 3.63) is 84.1 Å². The molecule has 0 unspecified atom stereocenters. The second kappa shape index (κ2) is 10.1. The quantitative estimate of drug-likeness (QED) is 0.196. The largest absolute Gasteiger partial charge is 0.382 e. The summed E-state index contributed by atoms with van der Waals surface area (Å²) in [5.41, 5.74) is 10.7. The number of rotatable bonds is 6. The van der Waals surface area contributed by atoms with E-state index in [-0.39, 0.29) is 17.2 Å². The molecule has 4 aromatic heterocycles. The Balaban J connectivity index is 1.60. The number of aryl methyl sites for hydroxylation is 1. The highest BCUT2D eigenvalue weighted by atomic mass is 15.3. The van der Waals surface area contributed by atoms with Gasteiger partial charge in [-0.05, 0) is 50.2 Å². The second-order valence-corrected chi connectivity index (χ2v) is 9.32. The molecule has 39 heavy (non-hydrogen) atoms. The topological polar surface area (TPSA) is 170 Å². The van der Waals surface area contributed by atoms with E-state index < -0.39 is 5.54 Å². The van der Waals surface area contributed by atoms with E-state index >= 15 is 0 Å². The second-order valence-electron chi connectivity index (χ2n) is 9.32. The Labute approximate surface area is 224 Å². The summed E-state index contributed by atoms with van der Waals surface area (Å²) >= 11 is 0. The van der Waals surface area contributed by atoms with Gasteiger partial charge >= 0.3 is 0 Å². The number of nitrogen functional groups attached to an aromatic ring is 1. The number of benzene rings is 1. The van der Waals surface area contributed by atoms with E-state index in [2.05, 4.69) is 36.2 Å². The monoisotopic (exact) mass is 515 g/mol. The predicted octanol–water partition coefficient (Wildman–Crippen LogP) is 3.61. The van der Waals surface area contributed by atoms with Crippen LogP contribution in [-0.2, 0) is 12.6 Å². The number of aromatic nitrogens is 6. The fourth-order valence-corrected chi connectivity index (χ4v) is 4.05. The molecule has 0 amide bonds. The number of hydrazone groups is 1. The molecule has 192 valence electrons. The maximum atomic E-state index is 9.06. The SMILES string of the molecule is Cn1ccc(-c2nc(N)c(/C(C=NC(C)(C)c3ccc(C#N)cn3)=N/N)nc2-c2ccc3ncccc3c2)n1. The van der Waals surface area contributed by atoms with Gasteiger partial charge in [-0.25, -0.2) is 9.97 Å². The lowest BCUT2D eigenvalue weighted by atomic mass is 10.0. The van der Waals surface area contributed by atoms with E-state index in [1.54, 1.807) is 23.0 Å². The van der Waals surface area contributed by atoms with E-state index in [1.807, 2.05) is 63.5 Å². The van der Waals surface area contributed by atoms with Crippen LogP contribution in [0.4, 0.5) is 5.82 Å². The summed E-state index contributed by atoms with van der Waals surface area (Å²) in [6.07, 6.45) is 6.60. The fraction of sp³-hybridized carbons (Fsp3) is 0.143. The first kappa shape index (κ1) is 25.2. The van der Waals surface area contributed by atoms with Crippen LogP contribution in [0.15, 0.2) is 77.2 Å². The zero-order valence-corrected chi connectivity index (χ0v) is 21.6. The van der Waals surface area contributed by atoms with Crippen LogP contribution in [0.25, 0.3) is 33.5 Å². The standard InChI is InChI=1S/C28H25N11/c1-28(2,23-9-6-17(14-29)15-33-23)34-16-22(37-31)26-27(30)36-25(21-10-12-39(3)38-21)24(35-26)19-7-8-20-18(13-19)5-4-11-32-20/h4-13,15-16H,31H2,1-3H3,(H2,30,36)/b34-16?,37-22+. The number of aliphatic imine (C=N–C) groups is 1. The Bertz CT molecular complexity index is 1770. The number of anilines is 1. The minimum Gasteiger partial charge on any atom is -0.382 e. The Kier molecular flexibility index (Phi) is 6.52. The van der Waals surface area contributed by atoms with E-state index in [9.17, 15) is 0 Å². The Morgan fingerprint density at radius 2 is 1.92 bits per heavy atom. The molecule has 1 aromatic carbocycles. The molecule has 0 saturated carbocycles. The Morgan fingerprint density at radius 3 is 2.62 bits per heavy atom. The van der Waals surface area contributed by atoms with Gasteiger partial charge in [0.05, 0.1) is 34.2 Å². The highest BCUT2D eigenvalue weighted by Gasteiger charge is 2.23. The van der Waals surface area contributed by atoms with Gasteiger partial charge in [-0.15, -0.1) is 0 Å². The molecule has 11 heteroatoms. The van der Waals surface area contributed by atoms with Crippen molar-refractivity contribution in [3.63, 3.8) is 0 Å². The van der Waals surface area contributed by atoms with Gasteiger partial charge in [0, 0.05) is 36.6 Å². The van der Waals surface area contributed by atoms with Crippen LogP contribution in [0, 0.1) is 11.3 Å². The van der Waals surface area contributed by atoms with Crippen molar-refractivity contribution in [2.75, 3.05) is 5.73 Å². The molecule has 5 aromatic rings. The molecule has 0 aliphatic heterocycles. The van der Waals surface area contributed by atoms with Crippen LogP contribution in [0.5, 0.6) is 0 Å². The smallest absolute Gasteiger partial charge is 0.152 e. The maximum absolute atomic E-state index is 9.06. The summed E-state index contributed by atoms with van der Waals surface area (Å²) in [6.45, 7) is 3.78. The number of fused-ring (bicyclic) bond motifs is 1. The average molecular weight is 516 g/mol. The van der Waals surface area contributed by atoms with E-state index in [0.29, 0.717) is 28.3 Å². The molecule has 11 nitrogen and oxygen atoms in total. The molecular weight excluding hydrogens is 490 g/mol. The summed E-state index contributed by atoms with van der Waals surface area (Å²) in [6, 6.07) is 17.1. The van der Waals surface area contributed by atoms with Gasteiger partial charge in [-0.1, -0.05) is 12.1 Å². The third kappa shape index (κ3) is 5.03. The van der Waals surface area contributed by atoms with Gasteiger partial charge in [-0.2, -0.15) is 15.5 Å². The Hall–Kier alpha value is -5.50. The van der Waals surface area contributed by atoms with Crippen molar-refractivity contribution in [2.45, 2.75) is 19.4 Å². The van der Waals surface area contributed by atoms with E-state index in [4.69, 9.17) is 21.8 Å². The summed E-state index contributed by atoms with van der Waals surface area (Å²) in [7, 11) is 1.83. The molecule has 0 spiro atoms. The van der Waals surface area contributed by atoms with Crippen molar-refractivity contribution in [3.8, 4) is 28.7 Å². The van der Waals surface area contributed by atoms with Gasteiger partial charge in [0.25, 0.3) is 0 Å². The minimum atomic E-state index is -0.742. The Morgan fingerprint density at radius 1 is 1.08 bits per heavy atom. The van der Waals surface area contributed by atoms with E-state index in [0.717, 1.165) is 16.5 Å². The number of nitrogens with zero attached hydrogens (tertiary/aromatic N) is 9. The third-order valence-electron chi connectivity index (χ3n) is 6.17. The normalized spacial score (nSPS) is 12.2. The lowest BCUT2D eigenvalue weighted by Crippen LogP contribution is -2.20. The highest BCUT2D eigenvalue weighted by Crippen LogP contribution is 2.32. The molecule has 4 N–H and O–H groups in total. The molecule has 0 radical (unpaired) electrons. The first-order chi connectivity index (χ1) is 18.8. The summed E-state index contributed by atoms with van der Waals surface area (Å²) in [4.78, 5) is 23.0. The number of nitriles is 1. The van der Waals surface area contributed by atoms with Crippen LogP contribution in [0.1, 0.15) is 30.8 Å². The van der Waals surface area contributed by atoms with Crippen LogP contribution in [0.3, 0.4) is 0 Å². The minimum absolute atomic E-state index is 0.131. The summed E-state index contributed by atoms with van der Waals surface area (Å²) in [5.74, 6) is 5.92. The van der Waals surface area contributed by atoms with Gasteiger partial charge in [0.2, 0.25) is 0 Å². The first-order valence-electron chi connectivity index (χ1n) is 12.0. The van der Waals surface area contributed by atoms with Crippen molar-refractivity contribution in [1.82, 2.24) is 29.7 Å². The van der Waals surface area contributed by atoms with Gasteiger partial charge in [0.1, 0.15) is 28.9 Å². The lowest BCUT2D eigenvalue weighted by Gasteiger charge is -2.19. The summed E-state index contributed by atoms with van der Waals surface area (Å²) < 4.78 is 1.69. The molecule has 0 fully saturated rings. The van der Waals surface area contributed by atoms with Crippen LogP contribution in [0.2, 0.25) is 0 Å². The number of hydrogen-bond acceptors (Lipinski definition) is 10. The van der Waals surface area contributed by atoms with Crippen molar-refractivity contribution >= 4 is 28.6 Å². The van der Waals surface area contributed by atoms with Crippen LogP contribution >= 0.6 is 0 Å². The molecule has 0 aliphatic rings. The van der Waals surface area contributed by atoms with Gasteiger partial charge in [0.15, 0.2) is 5.82 Å².